The van der Waals surface area contributed by atoms with Crippen molar-refractivity contribution in [2.24, 2.45) is 0 Å². The Kier molecular flexibility index (Phi) is 3.25. The number of hydrogen-bond donors (Lipinski definition) is 1. The van der Waals surface area contributed by atoms with E-state index in [-0.39, 0.29) is 11.6 Å². The van der Waals surface area contributed by atoms with Crippen molar-refractivity contribution in [3.8, 4) is 0 Å². The van der Waals surface area contributed by atoms with Crippen LogP contribution < -0.4 is 10.9 Å². The van der Waals surface area contributed by atoms with Gasteiger partial charge in [0, 0.05) is 6.54 Å². The maximum absolute atomic E-state index is 12.5. The molecule has 1 aliphatic rings. The highest BCUT2D eigenvalue weighted by atomic mass is 79.9. The van der Waals surface area contributed by atoms with Crippen LogP contribution in [0.1, 0.15) is 24.7 Å². The molecule has 0 saturated carbocycles. The van der Waals surface area contributed by atoms with Gasteiger partial charge in [-0.15, -0.1) is 11.3 Å². The first kappa shape index (κ1) is 12.3. The van der Waals surface area contributed by atoms with Crippen molar-refractivity contribution < 1.29 is 0 Å². The molecule has 1 unspecified atom stereocenters. The normalized spacial score (nSPS) is 20.4. The Labute approximate surface area is 117 Å². The molecular weight excluding hydrogens is 314 g/mol. The lowest BCUT2D eigenvalue weighted by Gasteiger charge is -2.26. The summed E-state index contributed by atoms with van der Waals surface area (Å²) in [6, 6.07) is 2.15. The van der Waals surface area contributed by atoms with E-state index in [4.69, 9.17) is 0 Å². The van der Waals surface area contributed by atoms with Crippen molar-refractivity contribution in [1.29, 1.82) is 0 Å². The Morgan fingerprint density at radius 1 is 1.61 bits per heavy atom. The van der Waals surface area contributed by atoms with Crippen LogP contribution in [0.3, 0.4) is 0 Å². The zero-order valence-electron chi connectivity index (χ0n) is 10.1. The van der Waals surface area contributed by atoms with Crippen molar-refractivity contribution >= 4 is 37.5 Å². The zero-order valence-corrected chi connectivity index (χ0v) is 12.5. The number of rotatable bonds is 1. The van der Waals surface area contributed by atoms with E-state index >= 15 is 0 Å². The minimum atomic E-state index is 0.0990. The van der Waals surface area contributed by atoms with E-state index in [1.807, 2.05) is 17.6 Å². The summed E-state index contributed by atoms with van der Waals surface area (Å²) in [4.78, 5) is 17.1. The number of fused-ring (bicyclic) bond motifs is 1. The molecule has 2 aromatic rings. The van der Waals surface area contributed by atoms with Gasteiger partial charge in [-0.1, -0.05) is 0 Å². The molecule has 18 heavy (non-hydrogen) atoms. The van der Waals surface area contributed by atoms with Crippen LogP contribution >= 0.6 is 27.3 Å². The number of nitrogens with zero attached hydrogens (tertiary/aromatic N) is 2. The summed E-state index contributed by atoms with van der Waals surface area (Å²) in [5.74, 6) is 0.812. The lowest BCUT2D eigenvalue weighted by molar-refractivity contribution is 0.357. The monoisotopic (exact) mass is 327 g/mol. The second-order valence-corrected chi connectivity index (χ2v) is 7.03. The van der Waals surface area contributed by atoms with Gasteiger partial charge in [0.1, 0.15) is 10.5 Å². The zero-order chi connectivity index (χ0) is 12.7. The Hall–Kier alpha value is -0.720. The van der Waals surface area contributed by atoms with Crippen molar-refractivity contribution in [2.75, 3.05) is 13.1 Å². The highest BCUT2D eigenvalue weighted by Gasteiger charge is 2.20. The minimum Gasteiger partial charge on any atom is -0.315 e. The van der Waals surface area contributed by atoms with Gasteiger partial charge in [0.25, 0.3) is 5.56 Å². The smallest absolute Gasteiger partial charge is 0.271 e. The lowest BCUT2D eigenvalue weighted by atomic mass is 10.1. The van der Waals surface area contributed by atoms with Crippen molar-refractivity contribution in [3.63, 3.8) is 0 Å². The first-order valence-electron chi connectivity index (χ1n) is 6.05. The number of hydrogen-bond acceptors (Lipinski definition) is 4. The Balaban J connectivity index is 2.18. The van der Waals surface area contributed by atoms with Crippen LogP contribution in [0, 0.1) is 6.92 Å². The fourth-order valence-electron chi connectivity index (χ4n) is 2.56. The summed E-state index contributed by atoms with van der Waals surface area (Å²) in [5.41, 5.74) is 0.899. The fraction of sp³-hybridized carbons (Fsp3) is 0.500. The molecule has 0 spiro atoms. The van der Waals surface area contributed by atoms with Crippen molar-refractivity contribution in [3.05, 3.63) is 26.0 Å². The van der Waals surface area contributed by atoms with E-state index < -0.39 is 0 Å². The molecule has 1 atom stereocenters. The van der Waals surface area contributed by atoms with Crippen molar-refractivity contribution in [1.82, 2.24) is 14.9 Å². The molecular formula is C12H14BrN3OS. The standard InChI is InChI=1S/C12H14BrN3OS/c1-7-15-9-5-10(13)18-11(9)12(17)16(7)8-3-2-4-14-6-8/h5,8,14H,2-4,6H2,1H3. The maximum atomic E-state index is 12.5. The summed E-state index contributed by atoms with van der Waals surface area (Å²) < 4.78 is 3.57. The van der Waals surface area contributed by atoms with Crippen LogP contribution in [-0.2, 0) is 0 Å². The predicted molar refractivity (Wildman–Crippen MR) is 77.5 cm³/mol. The number of aromatic nitrogens is 2. The summed E-state index contributed by atoms with van der Waals surface area (Å²) in [7, 11) is 0. The molecule has 0 radical (unpaired) electrons. The van der Waals surface area contributed by atoms with Crippen LogP contribution in [0.2, 0.25) is 0 Å². The SMILES string of the molecule is Cc1nc2cc(Br)sc2c(=O)n1C1CCCNC1. The van der Waals surface area contributed by atoms with Crippen LogP contribution in [-0.4, -0.2) is 22.6 Å². The van der Waals surface area contributed by atoms with Gasteiger partial charge >= 0.3 is 0 Å². The van der Waals surface area contributed by atoms with Gasteiger partial charge in [-0.3, -0.25) is 9.36 Å². The van der Waals surface area contributed by atoms with Gasteiger partial charge in [-0.2, -0.15) is 0 Å². The molecule has 4 nitrogen and oxygen atoms in total. The quantitative estimate of drug-likeness (QED) is 0.875. The van der Waals surface area contributed by atoms with E-state index in [1.54, 1.807) is 0 Å². The third-order valence-corrected chi connectivity index (χ3v) is 4.98. The molecule has 6 heteroatoms. The maximum Gasteiger partial charge on any atom is 0.271 e. The van der Waals surface area contributed by atoms with Crippen LogP contribution in [0.4, 0.5) is 0 Å². The van der Waals surface area contributed by atoms with Crippen LogP contribution in [0.15, 0.2) is 14.6 Å². The number of nitrogens with one attached hydrogen (secondary N) is 1. The second kappa shape index (κ2) is 4.75. The molecule has 1 fully saturated rings. The molecule has 1 saturated heterocycles. The van der Waals surface area contributed by atoms with Gasteiger partial charge in [0.05, 0.1) is 15.3 Å². The average molecular weight is 328 g/mol. The first-order chi connectivity index (χ1) is 8.66. The molecule has 3 rings (SSSR count). The molecule has 1 N–H and O–H groups in total. The molecule has 1 aliphatic heterocycles. The molecule has 2 aromatic heterocycles. The highest BCUT2D eigenvalue weighted by molar-refractivity contribution is 9.11. The Morgan fingerprint density at radius 2 is 2.44 bits per heavy atom. The molecule has 0 aliphatic carbocycles. The molecule has 0 amide bonds. The van der Waals surface area contributed by atoms with E-state index in [2.05, 4.69) is 26.2 Å². The van der Waals surface area contributed by atoms with Gasteiger partial charge in [0.2, 0.25) is 0 Å². The summed E-state index contributed by atoms with van der Waals surface area (Å²) in [5, 5.41) is 3.35. The van der Waals surface area contributed by atoms with E-state index in [0.717, 1.165) is 45.8 Å². The number of aryl methyl sites for hydroxylation is 1. The molecule has 0 aromatic carbocycles. The van der Waals surface area contributed by atoms with Gasteiger partial charge < -0.3 is 5.32 Å². The molecule has 0 bridgehead atoms. The number of piperidine rings is 1. The molecule has 96 valence electrons. The number of halogens is 1. The summed E-state index contributed by atoms with van der Waals surface area (Å²) >= 11 is 4.89. The topological polar surface area (TPSA) is 46.9 Å². The lowest BCUT2D eigenvalue weighted by Crippen LogP contribution is -2.37. The third kappa shape index (κ3) is 2.02. The van der Waals surface area contributed by atoms with Gasteiger partial charge in [0.15, 0.2) is 0 Å². The van der Waals surface area contributed by atoms with Gasteiger partial charge in [-0.05, 0) is 48.3 Å². The highest BCUT2D eigenvalue weighted by Crippen LogP contribution is 2.27. The van der Waals surface area contributed by atoms with Crippen LogP contribution in [0.5, 0.6) is 0 Å². The van der Waals surface area contributed by atoms with E-state index in [1.165, 1.54) is 11.3 Å². The van der Waals surface area contributed by atoms with Gasteiger partial charge in [-0.25, -0.2) is 4.98 Å². The largest absolute Gasteiger partial charge is 0.315 e. The Bertz CT molecular complexity index is 643. The Morgan fingerprint density at radius 3 is 3.17 bits per heavy atom. The average Bonchev–Trinajstić information content (AvgIpc) is 2.71. The minimum absolute atomic E-state index is 0.0990. The van der Waals surface area contributed by atoms with E-state index in [9.17, 15) is 4.79 Å². The summed E-state index contributed by atoms with van der Waals surface area (Å²) in [6.07, 6.45) is 2.16. The fourth-order valence-corrected chi connectivity index (χ4v) is 4.02. The molecule has 3 heterocycles. The second-order valence-electron chi connectivity index (χ2n) is 4.60. The van der Waals surface area contributed by atoms with E-state index in [0.29, 0.717) is 0 Å². The summed E-state index contributed by atoms with van der Waals surface area (Å²) in [6.45, 7) is 3.83. The number of thiophene rings is 1. The third-order valence-electron chi connectivity index (χ3n) is 3.36. The first-order valence-corrected chi connectivity index (χ1v) is 7.66. The predicted octanol–water partition coefficient (Wildman–Crippen LogP) is 2.45. The van der Waals surface area contributed by atoms with Crippen molar-refractivity contribution in [2.45, 2.75) is 25.8 Å². The van der Waals surface area contributed by atoms with Crippen LogP contribution in [0.25, 0.3) is 10.2 Å².